The molecule has 0 saturated heterocycles. The van der Waals surface area contributed by atoms with E-state index in [0.717, 1.165) is 25.4 Å². The van der Waals surface area contributed by atoms with Crippen molar-refractivity contribution in [1.82, 2.24) is 0 Å². The molecule has 1 saturated carbocycles. The molecule has 2 aliphatic rings. The molecule has 2 nitrogen and oxygen atoms in total. The van der Waals surface area contributed by atoms with Gasteiger partial charge in [-0.2, -0.15) is 0 Å². The van der Waals surface area contributed by atoms with E-state index >= 15 is 0 Å². The zero-order valence-corrected chi connectivity index (χ0v) is 12.6. The van der Waals surface area contributed by atoms with E-state index in [1.165, 1.54) is 36.8 Å². The molecule has 3 rings (SSSR count). The van der Waals surface area contributed by atoms with Crippen LogP contribution in [0, 0.1) is 11.8 Å². The predicted octanol–water partition coefficient (Wildman–Crippen LogP) is 3.84. The van der Waals surface area contributed by atoms with Gasteiger partial charge >= 0.3 is 0 Å². The lowest BCUT2D eigenvalue weighted by atomic mass is 9.88. The molecular weight excluding hydrogens is 246 g/mol. The van der Waals surface area contributed by atoms with Crippen LogP contribution < -0.4 is 5.73 Å². The van der Waals surface area contributed by atoms with Crippen LogP contribution in [-0.2, 0) is 11.2 Å². The summed E-state index contributed by atoms with van der Waals surface area (Å²) in [7, 11) is 0. The number of ether oxygens (including phenoxy) is 1. The summed E-state index contributed by atoms with van der Waals surface area (Å²) in [5, 5.41) is 0. The summed E-state index contributed by atoms with van der Waals surface area (Å²) >= 11 is 0. The number of hydrogen-bond donors (Lipinski definition) is 1. The first-order valence-electron chi connectivity index (χ1n) is 8.23. The minimum absolute atomic E-state index is 0.218. The summed E-state index contributed by atoms with van der Waals surface area (Å²) in [5.41, 5.74) is 9.33. The van der Waals surface area contributed by atoms with Crippen molar-refractivity contribution < 1.29 is 4.74 Å². The van der Waals surface area contributed by atoms with Crippen molar-refractivity contribution in [1.29, 1.82) is 0 Å². The highest BCUT2D eigenvalue weighted by Gasteiger charge is 2.31. The van der Waals surface area contributed by atoms with E-state index in [4.69, 9.17) is 10.5 Å². The van der Waals surface area contributed by atoms with Gasteiger partial charge in [0.1, 0.15) is 0 Å². The quantitative estimate of drug-likeness (QED) is 0.904. The number of benzene rings is 1. The maximum absolute atomic E-state index is 6.50. The maximum Gasteiger partial charge on any atom is 0.0842 e. The van der Waals surface area contributed by atoms with E-state index in [1.54, 1.807) is 0 Å². The SMILES string of the molecule is CCC1CCC(C(N)CC2OCCc3ccccc32)C1. The van der Waals surface area contributed by atoms with Crippen LogP contribution in [0.1, 0.15) is 56.3 Å². The van der Waals surface area contributed by atoms with Gasteiger partial charge in [0.2, 0.25) is 0 Å². The lowest BCUT2D eigenvalue weighted by Crippen LogP contribution is -2.32. The molecule has 1 aromatic rings. The topological polar surface area (TPSA) is 35.2 Å². The first kappa shape index (κ1) is 14.1. The van der Waals surface area contributed by atoms with Gasteiger partial charge in [0.15, 0.2) is 0 Å². The molecule has 2 heteroatoms. The van der Waals surface area contributed by atoms with Crippen molar-refractivity contribution >= 4 is 0 Å². The van der Waals surface area contributed by atoms with Crippen molar-refractivity contribution in [2.24, 2.45) is 17.6 Å². The van der Waals surface area contributed by atoms with Crippen LogP contribution in [0.15, 0.2) is 24.3 Å². The first-order chi connectivity index (χ1) is 9.78. The Balaban J connectivity index is 1.64. The van der Waals surface area contributed by atoms with Crippen molar-refractivity contribution in [3.8, 4) is 0 Å². The van der Waals surface area contributed by atoms with Gasteiger partial charge < -0.3 is 10.5 Å². The fourth-order valence-electron chi connectivity index (χ4n) is 3.98. The molecule has 1 heterocycles. The molecular formula is C18H27NO. The second-order valence-electron chi connectivity index (χ2n) is 6.56. The molecule has 20 heavy (non-hydrogen) atoms. The molecule has 0 spiro atoms. The largest absolute Gasteiger partial charge is 0.373 e. The van der Waals surface area contributed by atoms with Gasteiger partial charge in [-0.3, -0.25) is 0 Å². The Morgan fingerprint density at radius 1 is 1.30 bits per heavy atom. The van der Waals surface area contributed by atoms with E-state index in [-0.39, 0.29) is 6.10 Å². The molecule has 110 valence electrons. The molecule has 0 aromatic heterocycles. The van der Waals surface area contributed by atoms with Gasteiger partial charge in [0.05, 0.1) is 12.7 Å². The fraction of sp³-hybridized carbons (Fsp3) is 0.667. The van der Waals surface area contributed by atoms with Gasteiger partial charge in [0.25, 0.3) is 0 Å². The van der Waals surface area contributed by atoms with Crippen molar-refractivity contribution in [3.05, 3.63) is 35.4 Å². The minimum Gasteiger partial charge on any atom is -0.373 e. The van der Waals surface area contributed by atoms with E-state index in [2.05, 4.69) is 31.2 Å². The molecule has 1 aliphatic heterocycles. The fourth-order valence-corrected chi connectivity index (χ4v) is 3.98. The Bertz CT molecular complexity index is 445. The highest BCUT2D eigenvalue weighted by atomic mass is 16.5. The molecule has 1 aromatic carbocycles. The molecule has 2 N–H and O–H groups in total. The average molecular weight is 273 g/mol. The molecule has 4 unspecified atom stereocenters. The number of nitrogens with two attached hydrogens (primary N) is 1. The Hall–Kier alpha value is -0.860. The lowest BCUT2D eigenvalue weighted by molar-refractivity contribution is 0.0280. The van der Waals surface area contributed by atoms with Gasteiger partial charge in [-0.25, -0.2) is 0 Å². The van der Waals surface area contributed by atoms with Crippen LogP contribution in [-0.4, -0.2) is 12.6 Å². The van der Waals surface area contributed by atoms with Gasteiger partial charge in [-0.15, -0.1) is 0 Å². The summed E-state index contributed by atoms with van der Waals surface area (Å²) in [5.74, 6) is 1.61. The lowest BCUT2D eigenvalue weighted by Gasteiger charge is -2.30. The zero-order chi connectivity index (χ0) is 13.9. The third-order valence-corrected chi connectivity index (χ3v) is 5.34. The van der Waals surface area contributed by atoms with Crippen LogP contribution >= 0.6 is 0 Å². The Kier molecular flexibility index (Phi) is 4.42. The summed E-state index contributed by atoms with van der Waals surface area (Å²) in [4.78, 5) is 0. The van der Waals surface area contributed by atoms with E-state index in [1.807, 2.05) is 0 Å². The van der Waals surface area contributed by atoms with Crippen LogP contribution in [0.4, 0.5) is 0 Å². The van der Waals surface area contributed by atoms with Crippen LogP contribution in [0.3, 0.4) is 0 Å². The first-order valence-corrected chi connectivity index (χ1v) is 8.23. The Morgan fingerprint density at radius 2 is 2.15 bits per heavy atom. The molecule has 1 aliphatic carbocycles. The van der Waals surface area contributed by atoms with Crippen LogP contribution in [0.25, 0.3) is 0 Å². The molecule has 0 radical (unpaired) electrons. The minimum atomic E-state index is 0.218. The number of rotatable bonds is 4. The van der Waals surface area contributed by atoms with Crippen molar-refractivity contribution in [2.45, 2.75) is 57.6 Å². The van der Waals surface area contributed by atoms with E-state index in [0.29, 0.717) is 12.0 Å². The Labute approximate surface area is 122 Å². The summed E-state index contributed by atoms with van der Waals surface area (Å²) in [6.07, 6.45) is 7.57. The molecule has 0 bridgehead atoms. The molecule has 4 atom stereocenters. The van der Waals surface area contributed by atoms with Gasteiger partial charge in [-0.1, -0.05) is 44.0 Å². The predicted molar refractivity (Wildman–Crippen MR) is 82.6 cm³/mol. The highest BCUT2D eigenvalue weighted by Crippen LogP contribution is 2.38. The third kappa shape index (κ3) is 2.91. The monoisotopic (exact) mass is 273 g/mol. The third-order valence-electron chi connectivity index (χ3n) is 5.34. The smallest absolute Gasteiger partial charge is 0.0842 e. The number of fused-ring (bicyclic) bond motifs is 1. The maximum atomic E-state index is 6.50. The van der Waals surface area contributed by atoms with Crippen molar-refractivity contribution in [2.75, 3.05) is 6.61 Å². The van der Waals surface area contributed by atoms with Crippen molar-refractivity contribution in [3.63, 3.8) is 0 Å². The summed E-state index contributed by atoms with van der Waals surface area (Å²) in [6.45, 7) is 3.15. The standard InChI is InChI=1S/C18H27NO/c1-2-13-7-8-15(11-13)17(19)12-18-16-6-4-3-5-14(16)9-10-20-18/h3-6,13,15,17-18H,2,7-12,19H2,1H3. The second kappa shape index (κ2) is 6.28. The molecule has 0 amide bonds. The average Bonchev–Trinajstić information content (AvgIpc) is 2.97. The molecule has 1 fully saturated rings. The van der Waals surface area contributed by atoms with E-state index < -0.39 is 0 Å². The number of hydrogen-bond acceptors (Lipinski definition) is 2. The van der Waals surface area contributed by atoms with Crippen LogP contribution in [0.2, 0.25) is 0 Å². The normalized spacial score (nSPS) is 31.0. The van der Waals surface area contributed by atoms with Gasteiger partial charge in [0, 0.05) is 6.04 Å². The highest BCUT2D eigenvalue weighted by molar-refractivity contribution is 5.31. The second-order valence-corrected chi connectivity index (χ2v) is 6.56. The Morgan fingerprint density at radius 3 is 2.95 bits per heavy atom. The summed E-state index contributed by atoms with van der Waals surface area (Å²) < 4.78 is 6.01. The summed E-state index contributed by atoms with van der Waals surface area (Å²) in [6, 6.07) is 9.00. The van der Waals surface area contributed by atoms with Crippen LogP contribution in [0.5, 0.6) is 0 Å². The zero-order valence-electron chi connectivity index (χ0n) is 12.6. The van der Waals surface area contributed by atoms with Gasteiger partial charge in [-0.05, 0) is 48.6 Å². The van der Waals surface area contributed by atoms with E-state index in [9.17, 15) is 0 Å².